The van der Waals surface area contributed by atoms with E-state index < -0.39 is 0 Å². The van der Waals surface area contributed by atoms with Crippen molar-refractivity contribution >= 4 is 6.09 Å². The minimum absolute atomic E-state index is 0.220. The molecular weight excluding hydrogens is 282 g/mol. The molecule has 2 rings (SSSR count). The highest BCUT2D eigenvalue weighted by molar-refractivity contribution is 5.69. The van der Waals surface area contributed by atoms with E-state index in [0.717, 1.165) is 35.5 Å². The summed E-state index contributed by atoms with van der Waals surface area (Å²) in [6, 6.07) is 4.00. The minimum Gasteiger partial charge on any atom is -0.496 e. The molecule has 5 nitrogen and oxygen atoms in total. The first-order valence-corrected chi connectivity index (χ1v) is 7.74. The van der Waals surface area contributed by atoms with Crippen LogP contribution in [0.3, 0.4) is 0 Å². The predicted molar refractivity (Wildman–Crippen MR) is 84.9 cm³/mol. The van der Waals surface area contributed by atoms with Crippen LogP contribution < -0.4 is 9.47 Å². The van der Waals surface area contributed by atoms with Crippen molar-refractivity contribution in [1.82, 2.24) is 4.90 Å². The Kier molecular flexibility index (Phi) is 5.52. The maximum Gasteiger partial charge on any atom is 0.409 e. The molecule has 0 radical (unpaired) electrons. The zero-order valence-corrected chi connectivity index (χ0v) is 13.8. The van der Waals surface area contributed by atoms with E-state index in [0.29, 0.717) is 19.7 Å². The predicted octanol–water partition coefficient (Wildman–Crippen LogP) is 3.35. The van der Waals surface area contributed by atoms with Gasteiger partial charge in [0.25, 0.3) is 0 Å². The molecule has 1 aliphatic rings. The number of aryl methyl sites for hydroxylation is 1. The summed E-state index contributed by atoms with van der Waals surface area (Å²) in [5, 5.41) is 0. The maximum absolute atomic E-state index is 11.9. The molecule has 0 N–H and O–H groups in total. The number of benzene rings is 1. The van der Waals surface area contributed by atoms with E-state index in [1.807, 2.05) is 19.1 Å². The lowest BCUT2D eigenvalue weighted by atomic mass is 9.90. The van der Waals surface area contributed by atoms with Gasteiger partial charge in [0.15, 0.2) is 0 Å². The molecule has 0 atom stereocenters. The molecule has 1 aliphatic heterocycles. The van der Waals surface area contributed by atoms with Crippen molar-refractivity contribution in [3.8, 4) is 11.5 Å². The number of carbonyl (C=O) groups is 1. The van der Waals surface area contributed by atoms with E-state index in [1.54, 1.807) is 19.1 Å². The Balaban J connectivity index is 1.99. The third kappa shape index (κ3) is 3.46. The van der Waals surface area contributed by atoms with Crippen molar-refractivity contribution in [3.05, 3.63) is 23.3 Å². The Labute approximate surface area is 132 Å². The van der Waals surface area contributed by atoms with Gasteiger partial charge in [0, 0.05) is 24.6 Å². The van der Waals surface area contributed by atoms with Crippen LogP contribution in [-0.2, 0) is 4.74 Å². The second-order valence-electron chi connectivity index (χ2n) is 5.63. The Morgan fingerprint density at radius 2 is 1.91 bits per heavy atom. The fourth-order valence-electron chi connectivity index (χ4n) is 2.61. The van der Waals surface area contributed by atoms with Crippen molar-refractivity contribution in [2.24, 2.45) is 0 Å². The van der Waals surface area contributed by atoms with Crippen molar-refractivity contribution in [1.29, 1.82) is 0 Å². The van der Waals surface area contributed by atoms with E-state index in [9.17, 15) is 4.79 Å². The molecular formula is C17H25NO4. The SMILES string of the molecule is CCCCOC(=O)N1CC(c2cc(OC)c(C)cc2OC)C1. The van der Waals surface area contributed by atoms with Crippen LogP contribution in [0.2, 0.25) is 0 Å². The standard InChI is InChI=1S/C17H25NO4/c1-5-6-7-22-17(19)18-10-13(11-18)14-9-15(20-3)12(2)8-16(14)21-4/h8-9,13H,5-7,10-11H2,1-4H3. The number of nitrogens with zero attached hydrogens (tertiary/aromatic N) is 1. The lowest BCUT2D eigenvalue weighted by molar-refractivity contribution is 0.0701. The minimum atomic E-state index is -0.220. The quantitative estimate of drug-likeness (QED) is 0.756. The average molecular weight is 307 g/mol. The summed E-state index contributed by atoms with van der Waals surface area (Å²) in [5.41, 5.74) is 2.13. The lowest BCUT2D eigenvalue weighted by Gasteiger charge is -2.39. The summed E-state index contributed by atoms with van der Waals surface area (Å²) < 4.78 is 16.1. The molecule has 1 heterocycles. The molecule has 0 saturated carbocycles. The van der Waals surface area contributed by atoms with E-state index in [4.69, 9.17) is 14.2 Å². The maximum atomic E-state index is 11.9. The second kappa shape index (κ2) is 7.38. The molecule has 1 aromatic carbocycles. The van der Waals surface area contributed by atoms with E-state index in [1.165, 1.54) is 0 Å². The first-order chi connectivity index (χ1) is 10.6. The van der Waals surface area contributed by atoms with Gasteiger partial charge < -0.3 is 19.1 Å². The Bertz CT molecular complexity index is 524. The highest BCUT2D eigenvalue weighted by Gasteiger charge is 2.34. The van der Waals surface area contributed by atoms with Gasteiger partial charge in [0.05, 0.1) is 20.8 Å². The second-order valence-corrected chi connectivity index (χ2v) is 5.63. The largest absolute Gasteiger partial charge is 0.496 e. The molecule has 1 aromatic rings. The number of hydrogen-bond donors (Lipinski definition) is 0. The first kappa shape index (κ1) is 16.5. The fraction of sp³-hybridized carbons (Fsp3) is 0.588. The van der Waals surface area contributed by atoms with Crippen molar-refractivity contribution in [2.75, 3.05) is 33.9 Å². The topological polar surface area (TPSA) is 48.0 Å². The van der Waals surface area contributed by atoms with E-state index in [2.05, 4.69) is 6.92 Å². The van der Waals surface area contributed by atoms with Crippen molar-refractivity contribution in [2.45, 2.75) is 32.6 Å². The van der Waals surface area contributed by atoms with Gasteiger partial charge in [0.1, 0.15) is 11.5 Å². The zero-order valence-electron chi connectivity index (χ0n) is 13.8. The number of amides is 1. The van der Waals surface area contributed by atoms with E-state index >= 15 is 0 Å². The number of carbonyl (C=O) groups excluding carboxylic acids is 1. The van der Waals surface area contributed by atoms with Gasteiger partial charge >= 0.3 is 6.09 Å². The third-order valence-corrected chi connectivity index (χ3v) is 4.05. The monoisotopic (exact) mass is 307 g/mol. The summed E-state index contributed by atoms with van der Waals surface area (Å²) in [4.78, 5) is 13.6. The fourth-order valence-corrected chi connectivity index (χ4v) is 2.61. The van der Waals surface area contributed by atoms with Gasteiger partial charge in [-0.2, -0.15) is 0 Å². The summed E-state index contributed by atoms with van der Waals surface area (Å²) in [7, 11) is 3.33. The van der Waals surface area contributed by atoms with Crippen LogP contribution in [0.4, 0.5) is 4.79 Å². The van der Waals surface area contributed by atoms with Gasteiger partial charge in [-0.05, 0) is 31.0 Å². The molecule has 0 bridgehead atoms. The van der Waals surface area contributed by atoms with Gasteiger partial charge in [-0.25, -0.2) is 4.79 Å². The number of hydrogen-bond acceptors (Lipinski definition) is 4. The van der Waals surface area contributed by atoms with Crippen LogP contribution in [0.25, 0.3) is 0 Å². The van der Waals surface area contributed by atoms with Crippen molar-refractivity contribution in [3.63, 3.8) is 0 Å². The summed E-state index contributed by atoms with van der Waals surface area (Å²) >= 11 is 0. The van der Waals surface area contributed by atoms with Crippen LogP contribution in [0.15, 0.2) is 12.1 Å². The van der Waals surface area contributed by atoms with Crippen LogP contribution in [0.1, 0.15) is 36.8 Å². The van der Waals surface area contributed by atoms with Gasteiger partial charge in [-0.1, -0.05) is 13.3 Å². The summed E-state index contributed by atoms with van der Waals surface area (Å²) in [6.45, 7) is 5.88. The Morgan fingerprint density at radius 3 is 2.50 bits per heavy atom. The number of rotatable bonds is 6. The average Bonchev–Trinajstić information content (AvgIpc) is 2.47. The summed E-state index contributed by atoms with van der Waals surface area (Å²) in [6.07, 6.45) is 1.71. The van der Waals surface area contributed by atoms with Gasteiger partial charge in [-0.3, -0.25) is 0 Å². The number of likely N-dealkylation sites (tertiary alicyclic amines) is 1. The number of unbranched alkanes of at least 4 members (excludes halogenated alkanes) is 1. The number of methoxy groups -OCH3 is 2. The van der Waals surface area contributed by atoms with Crippen LogP contribution >= 0.6 is 0 Å². The molecule has 5 heteroatoms. The number of ether oxygens (including phenoxy) is 3. The van der Waals surface area contributed by atoms with Crippen LogP contribution in [0.5, 0.6) is 11.5 Å². The zero-order chi connectivity index (χ0) is 16.1. The third-order valence-electron chi connectivity index (χ3n) is 4.05. The molecule has 22 heavy (non-hydrogen) atoms. The Morgan fingerprint density at radius 1 is 1.23 bits per heavy atom. The molecule has 1 fully saturated rings. The molecule has 122 valence electrons. The van der Waals surface area contributed by atoms with Crippen LogP contribution in [-0.4, -0.2) is 44.9 Å². The van der Waals surface area contributed by atoms with E-state index in [-0.39, 0.29) is 12.0 Å². The first-order valence-electron chi connectivity index (χ1n) is 7.74. The lowest BCUT2D eigenvalue weighted by Crippen LogP contribution is -2.48. The molecule has 0 aromatic heterocycles. The molecule has 0 spiro atoms. The smallest absolute Gasteiger partial charge is 0.409 e. The van der Waals surface area contributed by atoms with Crippen LogP contribution in [0, 0.1) is 6.92 Å². The molecule has 1 amide bonds. The molecule has 0 aliphatic carbocycles. The molecule has 1 saturated heterocycles. The highest BCUT2D eigenvalue weighted by atomic mass is 16.6. The normalized spacial score (nSPS) is 14.5. The highest BCUT2D eigenvalue weighted by Crippen LogP contribution is 2.37. The Hall–Kier alpha value is -1.91. The van der Waals surface area contributed by atoms with Crippen molar-refractivity contribution < 1.29 is 19.0 Å². The summed E-state index contributed by atoms with van der Waals surface area (Å²) in [5.74, 6) is 1.96. The van der Waals surface area contributed by atoms with Gasteiger partial charge in [-0.15, -0.1) is 0 Å². The molecule has 0 unspecified atom stereocenters. The van der Waals surface area contributed by atoms with Gasteiger partial charge in [0.2, 0.25) is 0 Å².